The molecule has 0 N–H and O–H groups in total. The van der Waals surface area contributed by atoms with Crippen LogP contribution in [-0.2, 0) is 17.1 Å². The van der Waals surface area contributed by atoms with E-state index in [0.717, 1.165) is 38.2 Å². The Morgan fingerprint density at radius 2 is 1.76 bits per heavy atom. The molecule has 2 saturated heterocycles. The van der Waals surface area contributed by atoms with Crippen LogP contribution in [0, 0.1) is 12.3 Å². The molecule has 2 fully saturated rings. The average Bonchev–Trinajstić information content (AvgIpc) is 3.00. The minimum Gasteiger partial charge on any atom is -0.337 e. The van der Waals surface area contributed by atoms with Crippen LogP contribution in [-0.4, -0.2) is 60.4 Å². The lowest BCUT2D eigenvalue weighted by Crippen LogP contribution is -2.40. The minimum atomic E-state index is -3.44. The molecule has 0 radical (unpaired) electrons. The molecule has 6 nitrogen and oxygen atoms in total. The highest BCUT2D eigenvalue weighted by Crippen LogP contribution is 2.41. The molecular weight excluding hydrogens is 288 g/mol. The van der Waals surface area contributed by atoms with E-state index in [-0.39, 0.29) is 10.4 Å². The van der Waals surface area contributed by atoms with Crippen molar-refractivity contribution >= 4 is 10.0 Å². The molecule has 0 aromatic carbocycles. The smallest absolute Gasteiger partial charge is 0.262 e. The van der Waals surface area contributed by atoms with Crippen LogP contribution >= 0.6 is 0 Å². The Morgan fingerprint density at radius 1 is 1.14 bits per heavy atom. The molecular formula is C14H24N4O2S. The van der Waals surface area contributed by atoms with E-state index in [2.05, 4.69) is 16.9 Å². The van der Waals surface area contributed by atoms with Gasteiger partial charge in [-0.1, -0.05) is 0 Å². The van der Waals surface area contributed by atoms with Gasteiger partial charge in [-0.25, -0.2) is 13.4 Å². The molecule has 21 heavy (non-hydrogen) atoms. The van der Waals surface area contributed by atoms with Crippen molar-refractivity contribution in [1.82, 2.24) is 18.8 Å². The van der Waals surface area contributed by atoms with Crippen molar-refractivity contribution in [3.63, 3.8) is 0 Å². The van der Waals surface area contributed by atoms with Gasteiger partial charge in [-0.3, -0.25) is 0 Å². The number of aryl methyl sites for hydroxylation is 2. The molecule has 2 aliphatic heterocycles. The van der Waals surface area contributed by atoms with E-state index >= 15 is 0 Å². The Hall–Kier alpha value is -0.920. The van der Waals surface area contributed by atoms with Gasteiger partial charge in [-0.15, -0.1) is 0 Å². The van der Waals surface area contributed by atoms with E-state index in [1.54, 1.807) is 15.1 Å². The maximum atomic E-state index is 12.7. The zero-order valence-corrected chi connectivity index (χ0v) is 13.9. The zero-order chi connectivity index (χ0) is 15.3. The number of sulfonamides is 1. The van der Waals surface area contributed by atoms with Crippen molar-refractivity contribution in [1.29, 1.82) is 0 Å². The summed E-state index contributed by atoms with van der Waals surface area (Å²) in [5.74, 6) is 0.724. The highest BCUT2D eigenvalue weighted by Gasteiger charge is 2.44. The van der Waals surface area contributed by atoms with Gasteiger partial charge >= 0.3 is 0 Å². The van der Waals surface area contributed by atoms with Crippen LogP contribution in [0.4, 0.5) is 0 Å². The third-order valence-corrected chi connectivity index (χ3v) is 6.86. The summed E-state index contributed by atoms with van der Waals surface area (Å²) in [4.78, 5) is 6.52. The van der Waals surface area contributed by atoms with Gasteiger partial charge in [0.2, 0.25) is 0 Å². The number of hydrogen-bond donors (Lipinski definition) is 0. The second-order valence-corrected chi connectivity index (χ2v) is 8.51. The molecule has 0 unspecified atom stereocenters. The highest BCUT2D eigenvalue weighted by molar-refractivity contribution is 7.89. The maximum Gasteiger partial charge on any atom is 0.262 e. The molecule has 0 aliphatic carbocycles. The highest BCUT2D eigenvalue weighted by atomic mass is 32.2. The Labute approximate surface area is 126 Å². The number of piperidine rings is 1. The second-order valence-electron chi connectivity index (χ2n) is 6.63. The van der Waals surface area contributed by atoms with Gasteiger partial charge in [-0.05, 0) is 51.7 Å². The van der Waals surface area contributed by atoms with Crippen LogP contribution in [0.5, 0.6) is 0 Å². The first-order chi connectivity index (χ1) is 9.82. The van der Waals surface area contributed by atoms with Gasteiger partial charge in [0.15, 0.2) is 5.03 Å². The van der Waals surface area contributed by atoms with Crippen LogP contribution < -0.4 is 0 Å². The summed E-state index contributed by atoms with van der Waals surface area (Å²) in [7, 11) is 0.514. The van der Waals surface area contributed by atoms with Crippen molar-refractivity contribution < 1.29 is 8.42 Å². The molecule has 0 bridgehead atoms. The van der Waals surface area contributed by atoms with Crippen LogP contribution in [0.1, 0.15) is 25.1 Å². The van der Waals surface area contributed by atoms with Gasteiger partial charge in [0.1, 0.15) is 5.82 Å². The van der Waals surface area contributed by atoms with Gasteiger partial charge in [0.25, 0.3) is 10.0 Å². The van der Waals surface area contributed by atoms with Crippen molar-refractivity contribution in [2.45, 2.75) is 31.2 Å². The molecule has 2 aliphatic rings. The van der Waals surface area contributed by atoms with Crippen LogP contribution in [0.15, 0.2) is 11.2 Å². The van der Waals surface area contributed by atoms with Crippen molar-refractivity contribution in [3.8, 4) is 0 Å². The number of rotatable bonds is 2. The normalized spacial score (nSPS) is 24.0. The second kappa shape index (κ2) is 5.07. The molecule has 3 heterocycles. The monoisotopic (exact) mass is 312 g/mol. The Morgan fingerprint density at radius 3 is 2.33 bits per heavy atom. The molecule has 0 saturated carbocycles. The summed E-state index contributed by atoms with van der Waals surface area (Å²) in [6, 6.07) is 0. The topological polar surface area (TPSA) is 58.4 Å². The van der Waals surface area contributed by atoms with Crippen molar-refractivity contribution in [3.05, 3.63) is 12.0 Å². The molecule has 0 amide bonds. The number of nitrogens with zero attached hydrogens (tertiary/aromatic N) is 4. The molecule has 1 aromatic rings. The summed E-state index contributed by atoms with van der Waals surface area (Å²) < 4.78 is 28.9. The largest absolute Gasteiger partial charge is 0.337 e. The lowest BCUT2D eigenvalue weighted by atomic mass is 9.78. The summed E-state index contributed by atoms with van der Waals surface area (Å²) in [6.45, 7) is 5.23. The lowest BCUT2D eigenvalue weighted by Gasteiger charge is -2.37. The number of hydrogen-bond acceptors (Lipinski definition) is 4. The van der Waals surface area contributed by atoms with Gasteiger partial charge in [0, 0.05) is 26.3 Å². The fourth-order valence-corrected chi connectivity index (χ4v) is 4.96. The quantitative estimate of drug-likeness (QED) is 0.812. The third kappa shape index (κ3) is 2.62. The predicted octanol–water partition coefficient (Wildman–Crippen LogP) is 0.835. The zero-order valence-electron chi connectivity index (χ0n) is 13.0. The first-order valence-corrected chi connectivity index (χ1v) is 8.95. The minimum absolute atomic E-state index is 0.184. The number of imidazole rings is 1. The third-order valence-electron chi connectivity index (χ3n) is 5.14. The Bertz CT molecular complexity index is 610. The maximum absolute atomic E-state index is 12.7. The fraction of sp³-hybridized carbons (Fsp3) is 0.786. The molecule has 1 spiro atoms. The van der Waals surface area contributed by atoms with E-state index in [1.807, 2.05) is 14.0 Å². The average molecular weight is 312 g/mol. The van der Waals surface area contributed by atoms with E-state index in [9.17, 15) is 8.42 Å². The Balaban J connectivity index is 1.79. The van der Waals surface area contributed by atoms with Crippen molar-refractivity contribution in [2.75, 3.05) is 33.2 Å². The predicted molar refractivity (Wildman–Crippen MR) is 80.5 cm³/mol. The molecule has 118 valence electrons. The standard InChI is InChI=1S/C14H24N4O2S/c1-12-15-13(10-17(12)3)21(19,20)18-9-6-14(11-18)4-7-16(2)8-5-14/h10H,4-9,11H2,1-3H3. The van der Waals surface area contributed by atoms with E-state index in [1.165, 1.54) is 0 Å². The summed E-state index contributed by atoms with van der Waals surface area (Å²) in [5.41, 5.74) is 0.184. The van der Waals surface area contributed by atoms with E-state index < -0.39 is 10.0 Å². The van der Waals surface area contributed by atoms with Crippen LogP contribution in [0.25, 0.3) is 0 Å². The molecule has 3 rings (SSSR count). The van der Waals surface area contributed by atoms with Crippen LogP contribution in [0.2, 0.25) is 0 Å². The van der Waals surface area contributed by atoms with Crippen LogP contribution in [0.3, 0.4) is 0 Å². The van der Waals surface area contributed by atoms with Crippen molar-refractivity contribution in [2.24, 2.45) is 12.5 Å². The van der Waals surface area contributed by atoms with Gasteiger partial charge < -0.3 is 9.47 Å². The SMILES string of the molecule is Cc1nc(S(=O)(=O)N2CCC3(CCN(C)CC3)C2)cn1C. The summed E-state index contributed by atoms with van der Waals surface area (Å²) in [6.07, 6.45) is 4.78. The lowest BCUT2D eigenvalue weighted by molar-refractivity contribution is 0.134. The summed E-state index contributed by atoms with van der Waals surface area (Å²) >= 11 is 0. The first kappa shape index (κ1) is 15.0. The van der Waals surface area contributed by atoms with Gasteiger partial charge in [0.05, 0.1) is 0 Å². The number of likely N-dealkylation sites (tertiary alicyclic amines) is 1. The van der Waals surface area contributed by atoms with Gasteiger partial charge in [-0.2, -0.15) is 4.31 Å². The van der Waals surface area contributed by atoms with E-state index in [4.69, 9.17) is 0 Å². The summed E-state index contributed by atoms with van der Waals surface area (Å²) in [5, 5.41) is 0.187. The first-order valence-electron chi connectivity index (χ1n) is 7.51. The van der Waals surface area contributed by atoms with E-state index in [0.29, 0.717) is 13.1 Å². The molecule has 0 atom stereocenters. The fourth-order valence-electron chi connectivity index (χ4n) is 3.38. The Kier molecular flexibility index (Phi) is 3.62. The molecule has 7 heteroatoms. The number of aromatic nitrogens is 2. The molecule has 1 aromatic heterocycles.